The second-order valence-electron chi connectivity index (χ2n) is 4.86. The van der Waals surface area contributed by atoms with E-state index in [1.54, 1.807) is 36.4 Å². The topological polar surface area (TPSA) is 70.9 Å². The maximum Gasteiger partial charge on any atom is 0.277 e. The fourth-order valence-electron chi connectivity index (χ4n) is 1.90. The summed E-state index contributed by atoms with van der Waals surface area (Å²) in [6, 6.07) is 11.3. The number of aromatic hydroxyl groups is 1. The molecule has 24 heavy (non-hydrogen) atoms. The first-order valence-electron chi connectivity index (χ1n) is 7.22. The van der Waals surface area contributed by atoms with Crippen molar-refractivity contribution in [2.24, 2.45) is 5.10 Å². The highest BCUT2D eigenvalue weighted by molar-refractivity contribution is 6.35. The maximum absolute atomic E-state index is 11.8. The minimum absolute atomic E-state index is 0.173. The van der Waals surface area contributed by atoms with Crippen LogP contribution in [0.4, 0.5) is 0 Å². The van der Waals surface area contributed by atoms with Crippen molar-refractivity contribution in [2.45, 2.75) is 13.3 Å². The smallest absolute Gasteiger partial charge is 0.277 e. The number of nitrogens with one attached hydrogen (secondary N) is 1. The van der Waals surface area contributed by atoms with Gasteiger partial charge in [-0.3, -0.25) is 4.79 Å². The van der Waals surface area contributed by atoms with Crippen LogP contribution < -0.4 is 10.2 Å². The number of phenols is 1. The Morgan fingerprint density at radius 2 is 1.92 bits per heavy atom. The number of benzene rings is 2. The molecule has 0 aliphatic heterocycles. The van der Waals surface area contributed by atoms with Crippen molar-refractivity contribution in [1.29, 1.82) is 0 Å². The third-order valence-corrected chi connectivity index (χ3v) is 3.63. The molecule has 0 atom stereocenters. The van der Waals surface area contributed by atoms with E-state index in [0.29, 0.717) is 27.9 Å². The molecule has 0 fully saturated rings. The minimum Gasteiger partial charge on any atom is -0.508 e. The first-order valence-corrected chi connectivity index (χ1v) is 7.98. The second-order valence-corrected chi connectivity index (χ2v) is 5.70. The number of nitrogens with zero attached hydrogens (tertiary/aromatic N) is 1. The quantitative estimate of drug-likeness (QED) is 0.599. The van der Waals surface area contributed by atoms with E-state index in [0.717, 1.165) is 5.56 Å². The molecule has 0 radical (unpaired) electrons. The second kappa shape index (κ2) is 8.57. The fourth-order valence-corrected chi connectivity index (χ4v) is 2.36. The number of carbonyl (C=O) groups excluding carboxylic acids is 1. The monoisotopic (exact) mass is 366 g/mol. The molecule has 126 valence electrons. The average molecular weight is 367 g/mol. The van der Waals surface area contributed by atoms with E-state index in [2.05, 4.69) is 10.5 Å². The summed E-state index contributed by atoms with van der Waals surface area (Å²) in [6.45, 7) is 1.69. The number of phenolic OH excluding ortho intramolecular Hbond substituents is 1. The molecule has 1 amide bonds. The first-order chi connectivity index (χ1) is 11.5. The molecule has 0 spiro atoms. The molecule has 2 aromatic carbocycles. The SMILES string of the molecule is CC/C(=N/NC(=O)COc1ccc(Cl)cc1Cl)c1ccc(O)cc1. The lowest BCUT2D eigenvalue weighted by Gasteiger charge is -2.08. The number of ether oxygens (including phenoxy) is 1. The van der Waals surface area contributed by atoms with Crippen LogP contribution in [0.3, 0.4) is 0 Å². The molecule has 0 saturated carbocycles. The van der Waals surface area contributed by atoms with Crippen molar-refractivity contribution in [3.8, 4) is 11.5 Å². The molecule has 2 N–H and O–H groups in total. The summed E-state index contributed by atoms with van der Waals surface area (Å²) < 4.78 is 5.34. The van der Waals surface area contributed by atoms with Gasteiger partial charge in [-0.05, 0) is 54.4 Å². The molecule has 0 heterocycles. The molecule has 0 aliphatic carbocycles. The molecule has 0 bridgehead atoms. The van der Waals surface area contributed by atoms with Gasteiger partial charge in [0.25, 0.3) is 5.91 Å². The number of halogens is 2. The Morgan fingerprint density at radius 3 is 2.54 bits per heavy atom. The zero-order chi connectivity index (χ0) is 17.5. The average Bonchev–Trinajstić information content (AvgIpc) is 2.56. The van der Waals surface area contributed by atoms with E-state index >= 15 is 0 Å². The predicted molar refractivity (Wildman–Crippen MR) is 95.0 cm³/mol. The summed E-state index contributed by atoms with van der Waals surface area (Å²) in [5, 5.41) is 14.2. The Kier molecular flexibility index (Phi) is 6.46. The van der Waals surface area contributed by atoms with Crippen molar-refractivity contribution in [1.82, 2.24) is 5.43 Å². The summed E-state index contributed by atoms with van der Waals surface area (Å²) in [5.41, 5.74) is 3.95. The standard InChI is InChI=1S/C17H16Cl2N2O3/c1-2-15(11-3-6-13(22)7-4-11)20-21-17(23)10-24-16-8-5-12(18)9-14(16)19/h3-9,22H,2,10H2,1H3,(H,21,23)/b20-15-. The van der Waals surface area contributed by atoms with Crippen molar-refractivity contribution >= 4 is 34.8 Å². The van der Waals surface area contributed by atoms with Gasteiger partial charge in [-0.25, -0.2) is 5.43 Å². The van der Waals surface area contributed by atoms with Crippen LogP contribution in [0.1, 0.15) is 18.9 Å². The number of amides is 1. The number of rotatable bonds is 6. The largest absolute Gasteiger partial charge is 0.508 e. The lowest BCUT2D eigenvalue weighted by Crippen LogP contribution is -2.26. The fraction of sp³-hybridized carbons (Fsp3) is 0.176. The molecule has 0 saturated heterocycles. The summed E-state index contributed by atoms with van der Waals surface area (Å²) in [7, 11) is 0. The summed E-state index contributed by atoms with van der Waals surface area (Å²) in [4.78, 5) is 11.8. The van der Waals surface area contributed by atoms with Crippen LogP contribution in [0.2, 0.25) is 10.0 Å². The molecular weight excluding hydrogens is 351 g/mol. The molecule has 0 unspecified atom stereocenters. The Balaban J connectivity index is 1.94. The van der Waals surface area contributed by atoms with Crippen molar-refractivity contribution in [3.63, 3.8) is 0 Å². The number of hydrogen-bond donors (Lipinski definition) is 2. The highest BCUT2D eigenvalue weighted by Crippen LogP contribution is 2.27. The normalized spacial score (nSPS) is 11.2. The molecular formula is C17H16Cl2N2O3. The zero-order valence-electron chi connectivity index (χ0n) is 12.9. The molecule has 7 heteroatoms. The van der Waals surface area contributed by atoms with Gasteiger partial charge in [0.2, 0.25) is 0 Å². The molecule has 5 nitrogen and oxygen atoms in total. The van der Waals surface area contributed by atoms with E-state index in [1.165, 1.54) is 6.07 Å². The Labute approximate surface area is 149 Å². The van der Waals surface area contributed by atoms with Gasteiger partial charge < -0.3 is 9.84 Å². The predicted octanol–water partition coefficient (Wildman–Crippen LogP) is 4.01. The van der Waals surface area contributed by atoms with Gasteiger partial charge in [-0.2, -0.15) is 5.10 Å². The van der Waals surface area contributed by atoms with Crippen molar-refractivity contribution < 1.29 is 14.6 Å². The van der Waals surface area contributed by atoms with Gasteiger partial charge in [0.05, 0.1) is 10.7 Å². The van der Waals surface area contributed by atoms with E-state index < -0.39 is 5.91 Å². The molecule has 0 aliphatic rings. The molecule has 0 aromatic heterocycles. The Bertz CT molecular complexity index is 746. The number of carbonyl (C=O) groups is 1. The van der Waals surface area contributed by atoms with E-state index in [4.69, 9.17) is 27.9 Å². The zero-order valence-corrected chi connectivity index (χ0v) is 14.4. The van der Waals surface area contributed by atoms with Gasteiger partial charge >= 0.3 is 0 Å². The van der Waals surface area contributed by atoms with E-state index in [-0.39, 0.29) is 12.4 Å². The highest BCUT2D eigenvalue weighted by atomic mass is 35.5. The number of hydrazone groups is 1. The van der Waals surface area contributed by atoms with Crippen LogP contribution in [-0.4, -0.2) is 23.3 Å². The van der Waals surface area contributed by atoms with Crippen LogP contribution in [0.15, 0.2) is 47.6 Å². The lowest BCUT2D eigenvalue weighted by atomic mass is 10.1. The lowest BCUT2D eigenvalue weighted by molar-refractivity contribution is -0.123. The Morgan fingerprint density at radius 1 is 1.21 bits per heavy atom. The molecule has 2 aromatic rings. The highest BCUT2D eigenvalue weighted by Gasteiger charge is 2.07. The third-order valence-electron chi connectivity index (χ3n) is 3.10. The van der Waals surface area contributed by atoms with Gasteiger partial charge in [0.15, 0.2) is 6.61 Å². The first kappa shape index (κ1) is 18.1. The van der Waals surface area contributed by atoms with Crippen LogP contribution in [0, 0.1) is 0 Å². The minimum atomic E-state index is -0.411. The van der Waals surface area contributed by atoms with Crippen LogP contribution in [0.25, 0.3) is 0 Å². The summed E-state index contributed by atoms with van der Waals surface area (Å²) in [6.07, 6.45) is 0.620. The van der Waals surface area contributed by atoms with E-state index in [9.17, 15) is 9.90 Å². The number of hydrogen-bond acceptors (Lipinski definition) is 4. The summed E-state index contributed by atoms with van der Waals surface area (Å²) >= 11 is 11.8. The maximum atomic E-state index is 11.8. The summed E-state index contributed by atoms with van der Waals surface area (Å²) in [5.74, 6) is 0.131. The van der Waals surface area contributed by atoms with Crippen molar-refractivity contribution in [3.05, 3.63) is 58.1 Å². The van der Waals surface area contributed by atoms with Gasteiger partial charge in [0.1, 0.15) is 11.5 Å². The van der Waals surface area contributed by atoms with Gasteiger partial charge in [0, 0.05) is 5.02 Å². The molecule has 2 rings (SSSR count). The Hall–Kier alpha value is -2.24. The van der Waals surface area contributed by atoms with Crippen LogP contribution >= 0.6 is 23.2 Å². The van der Waals surface area contributed by atoms with Crippen LogP contribution in [0.5, 0.6) is 11.5 Å². The van der Waals surface area contributed by atoms with Gasteiger partial charge in [-0.15, -0.1) is 0 Å². The van der Waals surface area contributed by atoms with Gasteiger partial charge in [-0.1, -0.05) is 30.1 Å². The van der Waals surface area contributed by atoms with E-state index in [1.807, 2.05) is 6.92 Å². The third kappa shape index (κ3) is 5.15. The van der Waals surface area contributed by atoms with Crippen molar-refractivity contribution in [2.75, 3.05) is 6.61 Å². The van der Waals surface area contributed by atoms with Crippen LogP contribution in [-0.2, 0) is 4.79 Å².